The van der Waals surface area contributed by atoms with Crippen LogP contribution in [0.5, 0.6) is 0 Å². The summed E-state index contributed by atoms with van der Waals surface area (Å²) in [6, 6.07) is 12.6. The number of aromatic nitrogens is 3. The summed E-state index contributed by atoms with van der Waals surface area (Å²) < 4.78 is 5.48. The highest BCUT2D eigenvalue weighted by Gasteiger charge is 2.55. The van der Waals surface area contributed by atoms with Crippen LogP contribution < -0.4 is 0 Å². The summed E-state index contributed by atoms with van der Waals surface area (Å²) in [6.07, 6.45) is 6.14. The molecule has 0 radical (unpaired) electrons. The number of hydrogen-bond donors (Lipinski definition) is 2. The molecule has 1 aliphatic heterocycles. The van der Waals surface area contributed by atoms with Crippen LogP contribution in [-0.2, 0) is 10.3 Å². The molecular formula is C29H38N4O2. The van der Waals surface area contributed by atoms with Gasteiger partial charge in [-0.05, 0) is 55.0 Å². The third kappa shape index (κ3) is 4.32. The molecule has 6 nitrogen and oxygen atoms in total. The van der Waals surface area contributed by atoms with Gasteiger partial charge in [-0.3, -0.25) is 10.1 Å². The molecule has 186 valence electrons. The monoisotopic (exact) mass is 474 g/mol. The van der Waals surface area contributed by atoms with Crippen molar-refractivity contribution < 1.29 is 9.84 Å². The Labute approximate surface area is 208 Å². The van der Waals surface area contributed by atoms with Gasteiger partial charge in [-0.2, -0.15) is 5.10 Å². The van der Waals surface area contributed by atoms with Crippen molar-refractivity contribution in [3.8, 4) is 11.3 Å². The maximum atomic E-state index is 12.5. The molecule has 5 rings (SSSR count). The number of likely N-dealkylation sites (tertiary alicyclic amines) is 1. The number of nitrogens with one attached hydrogen (secondary N) is 1. The van der Waals surface area contributed by atoms with Gasteiger partial charge in [0.25, 0.3) is 0 Å². The molecule has 2 aliphatic rings. The Morgan fingerprint density at radius 2 is 1.86 bits per heavy atom. The lowest BCUT2D eigenvalue weighted by Crippen LogP contribution is -2.63. The number of aromatic amines is 1. The zero-order chi connectivity index (χ0) is 24.8. The molecule has 0 spiro atoms. The highest BCUT2D eigenvalue weighted by Crippen LogP contribution is 2.50. The number of benzene rings is 1. The summed E-state index contributed by atoms with van der Waals surface area (Å²) in [5.41, 5.74) is 4.37. The molecular weight excluding hydrogens is 436 g/mol. The molecule has 1 aliphatic carbocycles. The Hall–Kier alpha value is -2.54. The molecule has 2 aromatic heterocycles. The molecule has 0 unspecified atom stereocenters. The minimum absolute atomic E-state index is 0.326. The van der Waals surface area contributed by atoms with Crippen LogP contribution in [0.1, 0.15) is 67.8 Å². The Kier molecular flexibility index (Phi) is 6.32. The molecule has 2 atom stereocenters. The van der Waals surface area contributed by atoms with E-state index in [1.807, 2.05) is 12.4 Å². The second-order valence-corrected chi connectivity index (χ2v) is 11.3. The lowest BCUT2D eigenvalue weighted by atomic mass is 9.62. The third-order valence-electron chi connectivity index (χ3n) is 8.09. The highest BCUT2D eigenvalue weighted by molar-refractivity contribution is 5.60. The van der Waals surface area contributed by atoms with E-state index in [9.17, 15) is 5.11 Å². The van der Waals surface area contributed by atoms with Gasteiger partial charge >= 0.3 is 0 Å². The maximum absolute atomic E-state index is 12.5. The van der Waals surface area contributed by atoms with Gasteiger partial charge in [0.1, 0.15) is 5.60 Å². The summed E-state index contributed by atoms with van der Waals surface area (Å²) in [7, 11) is 3.85. The summed E-state index contributed by atoms with van der Waals surface area (Å²) >= 11 is 0. The zero-order valence-corrected chi connectivity index (χ0v) is 21.6. The van der Waals surface area contributed by atoms with Gasteiger partial charge in [0.2, 0.25) is 0 Å². The SMILES string of the molecule is COC[C@@H](c1cc(-c2cncc([C@@](O)(c3ccc(C(C)C)cc3)C3(C)CN(C)C3)c2)n[nH]1)C1CC1. The molecule has 2 N–H and O–H groups in total. The van der Waals surface area contributed by atoms with E-state index in [4.69, 9.17) is 4.74 Å². The lowest BCUT2D eigenvalue weighted by molar-refractivity contribution is -0.127. The van der Waals surface area contributed by atoms with E-state index in [0.717, 1.165) is 41.2 Å². The number of nitrogens with zero attached hydrogens (tertiary/aromatic N) is 3. The number of methoxy groups -OCH3 is 1. The van der Waals surface area contributed by atoms with Crippen LogP contribution in [0.15, 0.2) is 48.8 Å². The van der Waals surface area contributed by atoms with Crippen LogP contribution in [0, 0.1) is 11.3 Å². The largest absolute Gasteiger partial charge is 0.384 e. The summed E-state index contributed by atoms with van der Waals surface area (Å²) in [5.74, 6) is 1.46. The number of H-pyrrole nitrogens is 1. The van der Waals surface area contributed by atoms with Crippen molar-refractivity contribution in [1.29, 1.82) is 0 Å². The first-order valence-electron chi connectivity index (χ1n) is 12.8. The summed E-state index contributed by atoms with van der Waals surface area (Å²) in [5, 5.41) is 20.4. The van der Waals surface area contributed by atoms with E-state index in [-0.39, 0.29) is 5.41 Å². The predicted octanol–water partition coefficient (Wildman–Crippen LogP) is 4.92. The smallest absolute Gasteiger partial charge is 0.124 e. The van der Waals surface area contributed by atoms with Gasteiger partial charge in [0.15, 0.2) is 0 Å². The first kappa shape index (κ1) is 24.2. The van der Waals surface area contributed by atoms with Crippen molar-refractivity contribution >= 4 is 0 Å². The second-order valence-electron chi connectivity index (χ2n) is 11.3. The van der Waals surface area contributed by atoms with Crippen LogP contribution in [0.25, 0.3) is 11.3 Å². The van der Waals surface area contributed by atoms with E-state index in [1.165, 1.54) is 18.4 Å². The van der Waals surface area contributed by atoms with E-state index in [0.29, 0.717) is 24.4 Å². The Bertz CT molecular complexity index is 1160. The summed E-state index contributed by atoms with van der Waals surface area (Å²) in [4.78, 5) is 6.82. The second kappa shape index (κ2) is 9.16. The number of pyridine rings is 1. The molecule has 0 bridgehead atoms. The number of rotatable bonds is 9. The molecule has 6 heteroatoms. The van der Waals surface area contributed by atoms with Crippen molar-refractivity contribution in [2.24, 2.45) is 11.3 Å². The molecule has 1 saturated carbocycles. The van der Waals surface area contributed by atoms with Crippen LogP contribution in [0.4, 0.5) is 0 Å². The molecule has 0 amide bonds. The Balaban J connectivity index is 1.53. The fourth-order valence-corrected chi connectivity index (χ4v) is 5.96. The van der Waals surface area contributed by atoms with Gasteiger partial charge in [-0.25, -0.2) is 0 Å². The van der Waals surface area contributed by atoms with Crippen molar-refractivity contribution in [1.82, 2.24) is 20.1 Å². The van der Waals surface area contributed by atoms with Gasteiger partial charge in [-0.15, -0.1) is 0 Å². The molecule has 35 heavy (non-hydrogen) atoms. The number of hydrogen-bond acceptors (Lipinski definition) is 5. The Morgan fingerprint density at radius 3 is 2.46 bits per heavy atom. The number of aliphatic hydroxyl groups is 1. The third-order valence-corrected chi connectivity index (χ3v) is 8.09. The average molecular weight is 475 g/mol. The molecule has 1 aromatic carbocycles. The van der Waals surface area contributed by atoms with Gasteiger partial charge in [0.05, 0.1) is 12.3 Å². The van der Waals surface area contributed by atoms with Crippen molar-refractivity contribution in [2.45, 2.75) is 51.0 Å². The van der Waals surface area contributed by atoms with Crippen LogP contribution in [0.3, 0.4) is 0 Å². The minimum atomic E-state index is -1.16. The maximum Gasteiger partial charge on any atom is 0.124 e. The van der Waals surface area contributed by atoms with Crippen molar-refractivity contribution in [2.75, 3.05) is 33.9 Å². The lowest BCUT2D eigenvalue weighted by Gasteiger charge is -2.55. The van der Waals surface area contributed by atoms with E-state index >= 15 is 0 Å². The van der Waals surface area contributed by atoms with E-state index < -0.39 is 5.60 Å². The minimum Gasteiger partial charge on any atom is -0.384 e. The van der Waals surface area contributed by atoms with E-state index in [2.05, 4.69) is 84.3 Å². The van der Waals surface area contributed by atoms with Gasteiger partial charge < -0.3 is 14.7 Å². The Morgan fingerprint density at radius 1 is 1.14 bits per heavy atom. The van der Waals surface area contributed by atoms with Crippen LogP contribution >= 0.6 is 0 Å². The van der Waals surface area contributed by atoms with Crippen LogP contribution in [-0.4, -0.2) is 59.0 Å². The van der Waals surface area contributed by atoms with Gasteiger partial charge in [-0.1, -0.05) is 45.0 Å². The normalized spacial score (nSPS) is 20.4. The molecule has 2 fully saturated rings. The molecule has 3 aromatic rings. The van der Waals surface area contributed by atoms with Gasteiger partial charge in [0, 0.05) is 60.7 Å². The summed E-state index contributed by atoms with van der Waals surface area (Å²) in [6.45, 7) is 8.87. The van der Waals surface area contributed by atoms with Crippen molar-refractivity contribution in [3.63, 3.8) is 0 Å². The first-order valence-corrected chi connectivity index (χ1v) is 12.8. The topological polar surface area (TPSA) is 74.3 Å². The molecule has 3 heterocycles. The van der Waals surface area contributed by atoms with E-state index in [1.54, 1.807) is 7.11 Å². The fraction of sp³-hybridized carbons (Fsp3) is 0.517. The fourth-order valence-electron chi connectivity index (χ4n) is 5.96. The zero-order valence-electron chi connectivity index (χ0n) is 21.6. The first-order chi connectivity index (χ1) is 16.7. The average Bonchev–Trinajstić information content (AvgIpc) is 3.56. The highest BCUT2D eigenvalue weighted by atomic mass is 16.5. The molecule has 1 saturated heterocycles. The van der Waals surface area contributed by atoms with Crippen molar-refractivity contribution in [3.05, 3.63) is 71.2 Å². The number of ether oxygens (including phenoxy) is 1. The standard InChI is InChI=1S/C29H38N4O2/c1-19(2)20-8-10-23(11-9-20)29(34,28(3)17-33(4)18-28)24-12-22(14-30-15-24)26-13-27(32-31-26)25(16-35-5)21-6-7-21/h8-15,19,21,25,34H,6-7,16-18H2,1-5H3,(H,31,32)/t25-,29+/m1/s1. The predicted molar refractivity (Wildman–Crippen MR) is 138 cm³/mol. The van der Waals surface area contributed by atoms with Crippen LogP contribution in [0.2, 0.25) is 0 Å². The quantitative estimate of drug-likeness (QED) is 0.460.